The van der Waals surface area contributed by atoms with E-state index in [1.807, 2.05) is 77.7 Å². The van der Waals surface area contributed by atoms with Gasteiger partial charge in [0.1, 0.15) is 0 Å². The van der Waals surface area contributed by atoms with Crippen molar-refractivity contribution in [2.75, 3.05) is 20.8 Å². The lowest BCUT2D eigenvalue weighted by Crippen LogP contribution is -2.35. The Hall–Kier alpha value is -4.13. The van der Waals surface area contributed by atoms with E-state index in [9.17, 15) is 4.79 Å². The fourth-order valence-electron chi connectivity index (χ4n) is 4.15. The molecule has 7 nitrogen and oxygen atoms in total. The summed E-state index contributed by atoms with van der Waals surface area (Å²) in [5.74, 6) is 2.25. The number of methoxy groups -OCH3 is 2. The van der Waals surface area contributed by atoms with Crippen LogP contribution in [0.2, 0.25) is 0 Å². The van der Waals surface area contributed by atoms with Gasteiger partial charge in [0.15, 0.2) is 11.5 Å². The zero-order valence-electron chi connectivity index (χ0n) is 20.9. The summed E-state index contributed by atoms with van der Waals surface area (Å²) in [6.07, 6.45) is 1.58. The van der Waals surface area contributed by atoms with E-state index in [0.29, 0.717) is 49.0 Å². The summed E-state index contributed by atoms with van der Waals surface area (Å²) >= 11 is 0. The van der Waals surface area contributed by atoms with Crippen LogP contribution in [0.1, 0.15) is 36.4 Å². The van der Waals surface area contributed by atoms with Crippen molar-refractivity contribution >= 4 is 5.91 Å². The second-order valence-corrected chi connectivity index (χ2v) is 8.49. The Morgan fingerprint density at radius 1 is 0.917 bits per heavy atom. The van der Waals surface area contributed by atoms with Gasteiger partial charge in [-0.1, -0.05) is 65.8 Å². The number of hydrogen-bond donors (Lipinski definition) is 0. The lowest BCUT2D eigenvalue weighted by atomic mass is 10.0. The fourth-order valence-corrected chi connectivity index (χ4v) is 4.15. The number of carbonyl (C=O) groups excluding carboxylic acids is 1. The highest BCUT2D eigenvalue weighted by Gasteiger charge is 2.22. The number of ether oxygens (including phenoxy) is 2. The molecule has 0 aliphatic carbocycles. The van der Waals surface area contributed by atoms with E-state index in [0.717, 1.165) is 16.7 Å². The fraction of sp³-hybridized carbons (Fsp3) is 0.276. The van der Waals surface area contributed by atoms with Crippen LogP contribution in [0.25, 0.3) is 11.4 Å². The molecule has 3 aromatic carbocycles. The number of aromatic nitrogens is 2. The molecule has 1 atom stereocenters. The van der Waals surface area contributed by atoms with Crippen molar-refractivity contribution < 1.29 is 18.8 Å². The molecule has 0 aliphatic rings. The Labute approximate surface area is 211 Å². The Morgan fingerprint density at radius 3 is 2.31 bits per heavy atom. The molecule has 0 fully saturated rings. The van der Waals surface area contributed by atoms with Gasteiger partial charge in [-0.05, 0) is 42.7 Å². The number of nitrogens with zero attached hydrogens (tertiary/aromatic N) is 3. The maximum Gasteiger partial charge on any atom is 0.228 e. The molecular formula is C29H31N3O4. The summed E-state index contributed by atoms with van der Waals surface area (Å²) in [6.45, 7) is 2.52. The normalized spacial score (nSPS) is 11.6. The number of carbonyl (C=O) groups is 1. The van der Waals surface area contributed by atoms with Crippen molar-refractivity contribution in [1.29, 1.82) is 0 Å². The van der Waals surface area contributed by atoms with Crippen molar-refractivity contribution in [3.05, 3.63) is 95.9 Å². The summed E-state index contributed by atoms with van der Waals surface area (Å²) in [4.78, 5) is 19.8. The van der Waals surface area contributed by atoms with E-state index >= 15 is 0 Å². The van der Waals surface area contributed by atoms with Gasteiger partial charge in [0.05, 0.1) is 20.3 Å². The molecule has 4 rings (SSSR count). The van der Waals surface area contributed by atoms with Gasteiger partial charge in [-0.15, -0.1) is 0 Å². The third kappa shape index (κ3) is 6.10. The molecule has 1 heterocycles. The number of hydrogen-bond acceptors (Lipinski definition) is 6. The summed E-state index contributed by atoms with van der Waals surface area (Å²) in [5, 5.41) is 4.13. The third-order valence-corrected chi connectivity index (χ3v) is 6.22. The minimum absolute atomic E-state index is 0.0808. The van der Waals surface area contributed by atoms with Crippen LogP contribution in [0.3, 0.4) is 0 Å². The highest BCUT2D eigenvalue weighted by molar-refractivity contribution is 5.77. The van der Waals surface area contributed by atoms with E-state index in [1.165, 1.54) is 0 Å². The number of benzene rings is 3. The summed E-state index contributed by atoms with van der Waals surface area (Å²) < 4.78 is 16.2. The minimum atomic E-state index is -0.0808. The molecule has 4 aromatic rings. The minimum Gasteiger partial charge on any atom is -0.493 e. The first-order chi connectivity index (χ1) is 17.6. The van der Waals surface area contributed by atoms with E-state index in [4.69, 9.17) is 14.0 Å². The number of rotatable bonds is 11. The SMILES string of the molecule is COc1ccc(-c2noc(CCN(C(=O)CCc3ccccc3)[C@@H](C)c3ccccc3)n2)cc1OC. The van der Waals surface area contributed by atoms with Crippen LogP contribution in [0.5, 0.6) is 11.5 Å². The summed E-state index contributed by atoms with van der Waals surface area (Å²) in [5.41, 5.74) is 2.99. The summed E-state index contributed by atoms with van der Waals surface area (Å²) in [7, 11) is 3.17. The zero-order valence-corrected chi connectivity index (χ0v) is 20.9. The van der Waals surface area contributed by atoms with Crippen molar-refractivity contribution in [2.24, 2.45) is 0 Å². The van der Waals surface area contributed by atoms with Gasteiger partial charge in [0.2, 0.25) is 17.6 Å². The van der Waals surface area contributed by atoms with E-state index in [2.05, 4.69) is 17.1 Å². The predicted octanol–water partition coefficient (Wildman–Crippen LogP) is 5.52. The molecule has 36 heavy (non-hydrogen) atoms. The number of aryl methyl sites for hydroxylation is 1. The molecular weight excluding hydrogens is 454 g/mol. The highest BCUT2D eigenvalue weighted by atomic mass is 16.5. The average molecular weight is 486 g/mol. The molecule has 186 valence electrons. The Balaban J connectivity index is 1.47. The van der Waals surface area contributed by atoms with Gasteiger partial charge in [0, 0.05) is 24.9 Å². The van der Waals surface area contributed by atoms with Gasteiger partial charge >= 0.3 is 0 Å². The maximum atomic E-state index is 13.3. The highest BCUT2D eigenvalue weighted by Crippen LogP contribution is 2.31. The average Bonchev–Trinajstić information content (AvgIpc) is 3.41. The number of amides is 1. The molecule has 0 unspecified atom stereocenters. The molecule has 0 spiro atoms. The van der Waals surface area contributed by atoms with Gasteiger partial charge in [-0.2, -0.15) is 4.98 Å². The zero-order chi connectivity index (χ0) is 25.3. The van der Waals surface area contributed by atoms with Crippen LogP contribution in [-0.4, -0.2) is 41.7 Å². The molecule has 1 aromatic heterocycles. The standard InChI is InChI=1S/C29H31N3O4/c1-21(23-12-8-5-9-13-23)32(28(33)17-14-22-10-6-4-7-11-22)19-18-27-30-29(31-36-27)24-15-16-25(34-2)26(20-24)35-3/h4-13,15-16,20-21H,14,17-19H2,1-3H3/t21-/m0/s1. The van der Waals surface area contributed by atoms with Gasteiger partial charge in [-0.3, -0.25) is 4.79 Å². The maximum absolute atomic E-state index is 13.3. The first-order valence-corrected chi connectivity index (χ1v) is 12.0. The molecule has 0 radical (unpaired) electrons. The largest absolute Gasteiger partial charge is 0.493 e. The Morgan fingerprint density at radius 2 is 1.61 bits per heavy atom. The van der Waals surface area contributed by atoms with E-state index < -0.39 is 0 Å². The van der Waals surface area contributed by atoms with E-state index in [1.54, 1.807) is 20.3 Å². The topological polar surface area (TPSA) is 77.7 Å². The van der Waals surface area contributed by atoms with Crippen LogP contribution in [-0.2, 0) is 17.6 Å². The van der Waals surface area contributed by atoms with Crippen LogP contribution in [0.4, 0.5) is 0 Å². The second kappa shape index (κ2) is 12.0. The lowest BCUT2D eigenvalue weighted by molar-refractivity contribution is -0.133. The van der Waals surface area contributed by atoms with Crippen LogP contribution in [0, 0.1) is 0 Å². The first kappa shape index (κ1) is 25.0. The molecule has 0 aliphatic heterocycles. The van der Waals surface area contributed by atoms with Gasteiger partial charge < -0.3 is 18.9 Å². The Kier molecular flexibility index (Phi) is 8.34. The Bertz CT molecular complexity index is 1260. The lowest BCUT2D eigenvalue weighted by Gasteiger charge is -2.29. The molecule has 1 amide bonds. The molecule has 0 N–H and O–H groups in total. The van der Waals surface area contributed by atoms with Crippen molar-refractivity contribution in [3.63, 3.8) is 0 Å². The molecule has 0 saturated carbocycles. The predicted molar refractivity (Wildman–Crippen MR) is 138 cm³/mol. The van der Waals surface area contributed by atoms with Crippen LogP contribution < -0.4 is 9.47 Å². The quantitative estimate of drug-likeness (QED) is 0.278. The third-order valence-electron chi connectivity index (χ3n) is 6.22. The van der Waals surface area contributed by atoms with Crippen LogP contribution >= 0.6 is 0 Å². The monoisotopic (exact) mass is 485 g/mol. The van der Waals surface area contributed by atoms with Crippen molar-refractivity contribution in [1.82, 2.24) is 15.0 Å². The van der Waals surface area contributed by atoms with Crippen molar-refractivity contribution in [2.45, 2.75) is 32.2 Å². The molecule has 7 heteroatoms. The second-order valence-electron chi connectivity index (χ2n) is 8.49. The summed E-state index contributed by atoms with van der Waals surface area (Å²) in [6, 6.07) is 25.5. The van der Waals surface area contributed by atoms with Gasteiger partial charge in [0.25, 0.3) is 0 Å². The molecule has 0 bridgehead atoms. The van der Waals surface area contributed by atoms with Crippen LogP contribution in [0.15, 0.2) is 83.4 Å². The van der Waals surface area contributed by atoms with Crippen molar-refractivity contribution in [3.8, 4) is 22.9 Å². The van der Waals surface area contributed by atoms with E-state index in [-0.39, 0.29) is 11.9 Å². The first-order valence-electron chi connectivity index (χ1n) is 12.0. The van der Waals surface area contributed by atoms with Gasteiger partial charge in [-0.25, -0.2) is 0 Å². The molecule has 0 saturated heterocycles. The smallest absolute Gasteiger partial charge is 0.228 e.